The number of thioether (sulfide) groups is 1. The lowest BCUT2D eigenvalue weighted by atomic mass is 10.1. The molecular weight excluding hydrogens is 264 g/mol. The van der Waals surface area contributed by atoms with Gasteiger partial charge in [0.25, 0.3) is 0 Å². The van der Waals surface area contributed by atoms with Gasteiger partial charge in [0.15, 0.2) is 0 Å². The number of nitrogens with zero attached hydrogens (tertiary/aromatic N) is 2. The third kappa shape index (κ3) is 4.71. The van der Waals surface area contributed by atoms with Gasteiger partial charge < -0.3 is 4.90 Å². The van der Waals surface area contributed by atoms with Crippen LogP contribution in [0, 0.1) is 6.92 Å². The Bertz CT molecular complexity index is 474. The Labute approximate surface area is 127 Å². The quantitative estimate of drug-likeness (QED) is 0.460. The van der Waals surface area contributed by atoms with Gasteiger partial charge in [-0.3, -0.25) is 4.99 Å². The molecule has 1 aliphatic heterocycles. The molecule has 1 aliphatic rings. The second kappa shape index (κ2) is 8.15. The molecule has 0 radical (unpaired) electrons. The Morgan fingerprint density at radius 2 is 2.00 bits per heavy atom. The van der Waals surface area contributed by atoms with Crippen molar-refractivity contribution in [2.45, 2.75) is 38.0 Å². The van der Waals surface area contributed by atoms with Crippen LogP contribution in [0.3, 0.4) is 0 Å². The third-order valence-electron chi connectivity index (χ3n) is 3.44. The van der Waals surface area contributed by atoms with Crippen LogP contribution in [-0.4, -0.2) is 29.6 Å². The molecule has 0 N–H and O–H groups in total. The highest BCUT2D eigenvalue weighted by atomic mass is 32.2. The van der Waals surface area contributed by atoms with Crippen molar-refractivity contribution in [3.05, 3.63) is 42.1 Å². The number of aliphatic imine (C=N–C) groups is 1. The summed E-state index contributed by atoms with van der Waals surface area (Å²) in [6.45, 7) is 7.45. The van der Waals surface area contributed by atoms with Crippen molar-refractivity contribution in [1.82, 2.24) is 4.90 Å². The van der Waals surface area contributed by atoms with Gasteiger partial charge in [0, 0.05) is 30.7 Å². The summed E-state index contributed by atoms with van der Waals surface area (Å²) in [5.74, 6) is 0. The largest absolute Gasteiger partial charge is 0.377 e. The van der Waals surface area contributed by atoms with E-state index in [1.807, 2.05) is 0 Å². The molecule has 0 bridgehead atoms. The van der Waals surface area contributed by atoms with Crippen molar-refractivity contribution in [2.75, 3.05) is 19.6 Å². The molecule has 0 saturated carbocycles. The van der Waals surface area contributed by atoms with E-state index in [0.717, 1.165) is 11.6 Å². The van der Waals surface area contributed by atoms with Crippen LogP contribution in [0.25, 0.3) is 0 Å². The van der Waals surface area contributed by atoms with Gasteiger partial charge >= 0.3 is 0 Å². The minimum atomic E-state index is 0.832. The molecule has 0 aromatic heterocycles. The van der Waals surface area contributed by atoms with Crippen molar-refractivity contribution < 1.29 is 0 Å². The van der Waals surface area contributed by atoms with Gasteiger partial charge in [-0.05, 0) is 50.8 Å². The molecule has 1 fully saturated rings. The van der Waals surface area contributed by atoms with E-state index in [4.69, 9.17) is 0 Å². The Hall–Kier alpha value is -1.22. The molecule has 1 heterocycles. The van der Waals surface area contributed by atoms with Crippen molar-refractivity contribution in [3.8, 4) is 0 Å². The van der Waals surface area contributed by atoms with Crippen molar-refractivity contribution in [2.24, 2.45) is 4.99 Å². The average molecular weight is 288 g/mol. The molecule has 3 heteroatoms. The van der Waals surface area contributed by atoms with Gasteiger partial charge in [0.05, 0.1) is 5.04 Å². The predicted octanol–water partition coefficient (Wildman–Crippen LogP) is 4.51. The average Bonchev–Trinajstić information content (AvgIpc) is 2.48. The molecule has 0 amide bonds. The molecule has 0 atom stereocenters. The summed E-state index contributed by atoms with van der Waals surface area (Å²) in [6, 6.07) is 8.49. The molecule has 0 spiro atoms. The monoisotopic (exact) mass is 288 g/mol. The molecule has 2 rings (SSSR count). The minimum Gasteiger partial charge on any atom is -0.377 e. The van der Waals surface area contributed by atoms with Gasteiger partial charge in [-0.15, -0.1) is 0 Å². The summed E-state index contributed by atoms with van der Waals surface area (Å²) in [6.07, 6.45) is 8.40. The van der Waals surface area contributed by atoms with Crippen LogP contribution in [0.4, 0.5) is 0 Å². The first-order valence-corrected chi connectivity index (χ1v) is 8.31. The van der Waals surface area contributed by atoms with E-state index in [-0.39, 0.29) is 0 Å². The second-order valence-corrected chi connectivity index (χ2v) is 6.15. The minimum absolute atomic E-state index is 0.832. The number of aryl methyl sites for hydroxylation is 1. The van der Waals surface area contributed by atoms with Gasteiger partial charge in [-0.2, -0.15) is 0 Å². The first-order chi connectivity index (χ1) is 9.79. The molecule has 0 unspecified atom stereocenters. The van der Waals surface area contributed by atoms with Crippen molar-refractivity contribution >= 4 is 16.8 Å². The Morgan fingerprint density at radius 1 is 1.25 bits per heavy atom. The molecule has 2 nitrogen and oxygen atoms in total. The van der Waals surface area contributed by atoms with Crippen molar-refractivity contribution in [1.29, 1.82) is 0 Å². The van der Waals surface area contributed by atoms with E-state index in [0.29, 0.717) is 0 Å². The molecule has 1 aromatic rings. The normalized spacial score (nSPS) is 16.9. The fourth-order valence-electron chi connectivity index (χ4n) is 2.30. The Kier molecular flexibility index (Phi) is 6.19. The van der Waals surface area contributed by atoms with E-state index >= 15 is 0 Å². The zero-order valence-electron chi connectivity index (χ0n) is 12.5. The highest BCUT2D eigenvalue weighted by Gasteiger charge is 2.06. The SMILES string of the molecule is CC/N=C(\C=C\N1CCCCC1)Sc1ccccc1C. The zero-order valence-corrected chi connectivity index (χ0v) is 13.3. The number of rotatable bonds is 4. The van der Waals surface area contributed by atoms with Crippen LogP contribution >= 0.6 is 11.8 Å². The van der Waals surface area contributed by atoms with Crippen LogP contribution in [0.15, 0.2) is 46.4 Å². The molecular formula is C17H24N2S. The fraction of sp³-hybridized carbons (Fsp3) is 0.471. The predicted molar refractivity (Wildman–Crippen MR) is 89.6 cm³/mol. The number of piperidine rings is 1. The zero-order chi connectivity index (χ0) is 14.2. The summed E-state index contributed by atoms with van der Waals surface area (Å²) < 4.78 is 0. The summed E-state index contributed by atoms with van der Waals surface area (Å²) in [7, 11) is 0. The van der Waals surface area contributed by atoms with E-state index in [1.165, 1.54) is 42.8 Å². The lowest BCUT2D eigenvalue weighted by Crippen LogP contribution is -2.24. The number of likely N-dealkylation sites (tertiary alicyclic amines) is 1. The van der Waals surface area contributed by atoms with Gasteiger partial charge in [0.2, 0.25) is 0 Å². The van der Waals surface area contributed by atoms with E-state index in [9.17, 15) is 0 Å². The first-order valence-electron chi connectivity index (χ1n) is 7.50. The summed E-state index contributed by atoms with van der Waals surface area (Å²) in [5.41, 5.74) is 1.31. The third-order valence-corrected chi connectivity index (χ3v) is 4.59. The standard InChI is InChI=1S/C17H24N2S/c1-3-18-17(11-14-19-12-7-4-8-13-19)20-16-10-6-5-9-15(16)2/h5-6,9-11,14H,3-4,7-8,12-13H2,1-2H3/b14-11+,18-17+. The van der Waals surface area contributed by atoms with Crippen LogP contribution < -0.4 is 0 Å². The maximum Gasteiger partial charge on any atom is 0.0966 e. The van der Waals surface area contributed by atoms with Gasteiger partial charge in [-0.1, -0.05) is 30.0 Å². The maximum absolute atomic E-state index is 4.61. The van der Waals surface area contributed by atoms with Gasteiger partial charge in [0.1, 0.15) is 0 Å². The smallest absolute Gasteiger partial charge is 0.0966 e. The maximum atomic E-state index is 4.61. The molecule has 0 aliphatic carbocycles. The Morgan fingerprint density at radius 3 is 2.70 bits per heavy atom. The number of hydrogen-bond acceptors (Lipinski definition) is 3. The summed E-state index contributed by atoms with van der Waals surface area (Å²) in [5, 5.41) is 1.10. The summed E-state index contributed by atoms with van der Waals surface area (Å²) >= 11 is 1.77. The number of hydrogen-bond donors (Lipinski definition) is 0. The van der Waals surface area contributed by atoms with Crippen molar-refractivity contribution in [3.63, 3.8) is 0 Å². The first kappa shape index (κ1) is 15.2. The topological polar surface area (TPSA) is 15.6 Å². The lowest BCUT2D eigenvalue weighted by Gasteiger charge is -2.24. The highest BCUT2D eigenvalue weighted by Crippen LogP contribution is 2.24. The molecule has 20 heavy (non-hydrogen) atoms. The lowest BCUT2D eigenvalue weighted by molar-refractivity contribution is 0.310. The van der Waals surface area contributed by atoms with E-state index < -0.39 is 0 Å². The summed E-state index contributed by atoms with van der Waals surface area (Å²) in [4.78, 5) is 8.32. The second-order valence-electron chi connectivity index (χ2n) is 5.09. The molecule has 1 aromatic carbocycles. The van der Waals surface area contributed by atoms with Gasteiger partial charge in [-0.25, -0.2) is 0 Å². The Balaban J connectivity index is 2.02. The van der Waals surface area contributed by atoms with Crippen LogP contribution in [-0.2, 0) is 0 Å². The van der Waals surface area contributed by atoms with Crippen LogP contribution in [0.2, 0.25) is 0 Å². The fourth-order valence-corrected chi connectivity index (χ4v) is 3.22. The molecule has 108 valence electrons. The van der Waals surface area contributed by atoms with Crippen LogP contribution in [0.1, 0.15) is 31.7 Å². The van der Waals surface area contributed by atoms with E-state index in [1.54, 1.807) is 11.8 Å². The van der Waals surface area contributed by atoms with Crippen LogP contribution in [0.5, 0.6) is 0 Å². The highest BCUT2D eigenvalue weighted by molar-refractivity contribution is 8.14. The number of benzene rings is 1. The van der Waals surface area contributed by atoms with E-state index in [2.05, 4.69) is 60.3 Å². The molecule has 1 saturated heterocycles.